The van der Waals surface area contributed by atoms with Gasteiger partial charge in [-0.3, -0.25) is 0 Å². The molecule has 2 N–H and O–H groups in total. The van der Waals surface area contributed by atoms with E-state index in [1.165, 1.54) is 0 Å². The maximum atomic E-state index is 9.53. The Hall–Kier alpha value is -0.160. The molecule has 0 aromatic heterocycles. The molecule has 1 atom stereocenters. The number of methoxy groups -OCH3 is 2. The highest BCUT2D eigenvalue weighted by Crippen LogP contribution is 2.03. The van der Waals surface area contributed by atoms with Gasteiger partial charge in [0.05, 0.1) is 6.10 Å². The maximum absolute atomic E-state index is 9.53. The summed E-state index contributed by atoms with van der Waals surface area (Å²) in [6, 6.07) is 0. The third-order valence-electron chi connectivity index (χ3n) is 1.96. The molecule has 86 valence electrons. The number of aliphatic hydroxyl groups is 1. The molecule has 0 saturated carbocycles. The summed E-state index contributed by atoms with van der Waals surface area (Å²) < 4.78 is 9.99. The van der Waals surface area contributed by atoms with Crippen molar-refractivity contribution in [1.82, 2.24) is 5.32 Å². The van der Waals surface area contributed by atoms with Gasteiger partial charge < -0.3 is 19.9 Å². The fraction of sp³-hybridized carbons (Fsp3) is 1.00. The SMILES string of the molecule is COC(CNCC(O)CC(C)C)OC. The molecule has 0 fully saturated rings. The van der Waals surface area contributed by atoms with Crippen molar-refractivity contribution < 1.29 is 14.6 Å². The highest BCUT2D eigenvalue weighted by Gasteiger charge is 2.08. The number of rotatable bonds is 8. The van der Waals surface area contributed by atoms with Crippen LogP contribution in [0.3, 0.4) is 0 Å². The molecule has 0 spiro atoms. The molecule has 0 amide bonds. The van der Waals surface area contributed by atoms with Gasteiger partial charge in [-0.05, 0) is 12.3 Å². The molecule has 4 nitrogen and oxygen atoms in total. The van der Waals surface area contributed by atoms with Crippen LogP contribution in [0.25, 0.3) is 0 Å². The molecule has 14 heavy (non-hydrogen) atoms. The Labute approximate surface area is 86.6 Å². The van der Waals surface area contributed by atoms with Crippen LogP contribution in [0.1, 0.15) is 20.3 Å². The Kier molecular flexibility index (Phi) is 8.08. The summed E-state index contributed by atoms with van der Waals surface area (Å²) in [5, 5.41) is 12.6. The zero-order chi connectivity index (χ0) is 11.0. The van der Waals surface area contributed by atoms with Crippen molar-refractivity contribution in [3.05, 3.63) is 0 Å². The minimum Gasteiger partial charge on any atom is -0.392 e. The van der Waals surface area contributed by atoms with Crippen LogP contribution >= 0.6 is 0 Å². The Balaban J connectivity index is 3.42. The number of hydrogen-bond donors (Lipinski definition) is 2. The van der Waals surface area contributed by atoms with Crippen LogP contribution in [0.15, 0.2) is 0 Å². The fourth-order valence-electron chi connectivity index (χ4n) is 1.26. The second-order valence-electron chi connectivity index (χ2n) is 3.84. The molecule has 1 unspecified atom stereocenters. The molecule has 4 heteroatoms. The van der Waals surface area contributed by atoms with E-state index in [-0.39, 0.29) is 12.4 Å². The average Bonchev–Trinajstić information content (AvgIpc) is 2.11. The minimum atomic E-state index is -0.288. The van der Waals surface area contributed by atoms with Gasteiger partial charge in [0.15, 0.2) is 6.29 Å². The van der Waals surface area contributed by atoms with Crippen molar-refractivity contribution in [1.29, 1.82) is 0 Å². The van der Waals surface area contributed by atoms with E-state index in [1.54, 1.807) is 14.2 Å². The van der Waals surface area contributed by atoms with Gasteiger partial charge in [-0.1, -0.05) is 13.8 Å². The normalized spacial score (nSPS) is 13.9. The Bertz CT molecular complexity index is 127. The first-order chi connectivity index (χ1) is 6.60. The van der Waals surface area contributed by atoms with Crippen LogP contribution in [0.2, 0.25) is 0 Å². The van der Waals surface area contributed by atoms with Crippen LogP contribution < -0.4 is 5.32 Å². The monoisotopic (exact) mass is 205 g/mol. The van der Waals surface area contributed by atoms with E-state index in [0.717, 1.165) is 6.42 Å². The summed E-state index contributed by atoms with van der Waals surface area (Å²) in [5.74, 6) is 0.521. The molecular formula is C10H23NO3. The molecule has 0 rings (SSSR count). The smallest absolute Gasteiger partial charge is 0.169 e. The largest absolute Gasteiger partial charge is 0.392 e. The first kappa shape index (κ1) is 13.8. The molecule has 0 aromatic carbocycles. The van der Waals surface area contributed by atoms with Gasteiger partial charge in [-0.15, -0.1) is 0 Å². The molecule has 0 heterocycles. The lowest BCUT2D eigenvalue weighted by Gasteiger charge is -2.17. The number of aliphatic hydroxyl groups excluding tert-OH is 1. The summed E-state index contributed by atoms with van der Waals surface area (Å²) >= 11 is 0. The van der Waals surface area contributed by atoms with Gasteiger partial charge in [0.1, 0.15) is 0 Å². The summed E-state index contributed by atoms with van der Waals surface area (Å²) in [6.45, 7) is 5.37. The van der Waals surface area contributed by atoms with Crippen LogP contribution in [-0.4, -0.2) is 44.8 Å². The van der Waals surface area contributed by atoms with Crippen molar-refractivity contribution in [2.45, 2.75) is 32.7 Å². The topological polar surface area (TPSA) is 50.7 Å². The molecule has 0 aliphatic rings. The van der Waals surface area contributed by atoms with Gasteiger partial charge in [0, 0.05) is 27.3 Å². The van der Waals surface area contributed by atoms with Crippen molar-refractivity contribution >= 4 is 0 Å². The molecule has 0 aliphatic heterocycles. The molecular weight excluding hydrogens is 182 g/mol. The minimum absolute atomic E-state index is 0.235. The second-order valence-corrected chi connectivity index (χ2v) is 3.84. The van der Waals surface area contributed by atoms with E-state index in [0.29, 0.717) is 19.0 Å². The van der Waals surface area contributed by atoms with Gasteiger partial charge in [-0.25, -0.2) is 0 Å². The first-order valence-corrected chi connectivity index (χ1v) is 5.04. The molecule has 0 radical (unpaired) electrons. The van der Waals surface area contributed by atoms with Gasteiger partial charge in [0.2, 0.25) is 0 Å². The van der Waals surface area contributed by atoms with Gasteiger partial charge >= 0.3 is 0 Å². The van der Waals surface area contributed by atoms with Gasteiger partial charge in [0.25, 0.3) is 0 Å². The Morgan fingerprint density at radius 3 is 2.14 bits per heavy atom. The average molecular weight is 205 g/mol. The second kappa shape index (κ2) is 8.17. The van der Waals surface area contributed by atoms with E-state index in [2.05, 4.69) is 19.2 Å². The highest BCUT2D eigenvalue weighted by atomic mass is 16.7. The van der Waals surface area contributed by atoms with Gasteiger partial charge in [-0.2, -0.15) is 0 Å². The third kappa shape index (κ3) is 7.26. The molecule has 0 aromatic rings. The van der Waals surface area contributed by atoms with E-state index in [4.69, 9.17) is 9.47 Å². The van der Waals surface area contributed by atoms with Crippen molar-refractivity contribution in [3.8, 4) is 0 Å². The van der Waals surface area contributed by atoms with Crippen molar-refractivity contribution in [3.63, 3.8) is 0 Å². The summed E-state index contributed by atoms with van der Waals surface area (Å²) in [6.07, 6.45) is 0.295. The third-order valence-corrected chi connectivity index (χ3v) is 1.96. The molecule has 0 bridgehead atoms. The van der Waals surface area contributed by atoms with Crippen LogP contribution in [-0.2, 0) is 9.47 Å². The predicted molar refractivity (Wildman–Crippen MR) is 56.1 cm³/mol. The molecule has 0 saturated heterocycles. The van der Waals surface area contributed by atoms with E-state index >= 15 is 0 Å². The van der Waals surface area contributed by atoms with Crippen molar-refractivity contribution in [2.24, 2.45) is 5.92 Å². The first-order valence-electron chi connectivity index (χ1n) is 5.04. The number of ether oxygens (including phenoxy) is 2. The maximum Gasteiger partial charge on any atom is 0.169 e. The quantitative estimate of drug-likeness (QED) is 0.570. The predicted octanol–water partition coefficient (Wildman–Crippen LogP) is 0.602. The number of nitrogens with one attached hydrogen (secondary N) is 1. The van der Waals surface area contributed by atoms with Crippen LogP contribution in [0.5, 0.6) is 0 Å². The van der Waals surface area contributed by atoms with E-state index in [9.17, 15) is 5.11 Å². The Morgan fingerprint density at radius 2 is 1.71 bits per heavy atom. The summed E-state index contributed by atoms with van der Waals surface area (Å²) in [7, 11) is 3.20. The highest BCUT2D eigenvalue weighted by molar-refractivity contribution is 4.62. The standard InChI is InChI=1S/C10H23NO3/c1-8(2)5-9(12)6-11-7-10(13-3)14-4/h8-12H,5-7H2,1-4H3. The van der Waals surface area contributed by atoms with E-state index < -0.39 is 0 Å². The van der Waals surface area contributed by atoms with E-state index in [1.807, 2.05) is 0 Å². The zero-order valence-corrected chi connectivity index (χ0v) is 9.62. The summed E-state index contributed by atoms with van der Waals surface area (Å²) in [5.41, 5.74) is 0. The zero-order valence-electron chi connectivity index (χ0n) is 9.62. The molecule has 0 aliphatic carbocycles. The van der Waals surface area contributed by atoms with Crippen molar-refractivity contribution in [2.75, 3.05) is 27.3 Å². The number of hydrogen-bond acceptors (Lipinski definition) is 4. The summed E-state index contributed by atoms with van der Waals surface area (Å²) in [4.78, 5) is 0. The Morgan fingerprint density at radius 1 is 1.14 bits per heavy atom. The lowest BCUT2D eigenvalue weighted by molar-refractivity contribution is -0.0994. The lowest BCUT2D eigenvalue weighted by atomic mass is 10.1. The fourth-order valence-corrected chi connectivity index (χ4v) is 1.26. The van der Waals surface area contributed by atoms with Crippen LogP contribution in [0.4, 0.5) is 0 Å². The lowest BCUT2D eigenvalue weighted by Crippen LogP contribution is -2.35. The van der Waals surface area contributed by atoms with Crippen LogP contribution in [0, 0.1) is 5.92 Å².